The summed E-state index contributed by atoms with van der Waals surface area (Å²) in [6, 6.07) is 0.286. The van der Waals surface area contributed by atoms with Crippen LogP contribution >= 0.6 is 0 Å². The van der Waals surface area contributed by atoms with Gasteiger partial charge in [-0.2, -0.15) is 0 Å². The lowest BCUT2D eigenvalue weighted by molar-refractivity contribution is -0.141. The predicted molar refractivity (Wildman–Crippen MR) is 72.5 cm³/mol. The molecule has 0 aromatic carbocycles. The van der Waals surface area contributed by atoms with E-state index >= 15 is 0 Å². The molecule has 1 saturated heterocycles. The Morgan fingerprint density at radius 1 is 1.11 bits per heavy atom. The first-order valence-corrected chi connectivity index (χ1v) is 7.79. The molecule has 0 bridgehead atoms. The zero-order chi connectivity index (χ0) is 13.4. The van der Waals surface area contributed by atoms with E-state index in [0.717, 1.165) is 25.7 Å². The van der Waals surface area contributed by atoms with Crippen LogP contribution in [0.4, 0.5) is 0 Å². The number of nitrogens with one attached hydrogen (secondary N) is 1. The summed E-state index contributed by atoms with van der Waals surface area (Å²) in [5.41, 5.74) is 0. The molecule has 4 nitrogen and oxygen atoms in total. The SMILES string of the molecule is CC(NC1CC(=O)N(C2CCCC2)C1=O)C1CCC1. The molecule has 19 heavy (non-hydrogen) atoms. The average molecular weight is 264 g/mol. The number of amides is 2. The summed E-state index contributed by atoms with van der Waals surface area (Å²) in [6.45, 7) is 2.15. The normalized spacial score (nSPS) is 31.0. The second kappa shape index (κ2) is 5.23. The quantitative estimate of drug-likeness (QED) is 0.788. The van der Waals surface area contributed by atoms with Crippen molar-refractivity contribution in [1.82, 2.24) is 10.2 Å². The Bertz CT molecular complexity index is 372. The third-order valence-electron chi connectivity index (χ3n) is 5.19. The van der Waals surface area contributed by atoms with Crippen LogP contribution in [0.5, 0.6) is 0 Å². The Balaban J connectivity index is 1.61. The monoisotopic (exact) mass is 264 g/mol. The molecule has 4 heteroatoms. The fourth-order valence-electron chi connectivity index (χ4n) is 3.72. The van der Waals surface area contributed by atoms with Gasteiger partial charge in [-0.1, -0.05) is 19.3 Å². The van der Waals surface area contributed by atoms with Crippen molar-refractivity contribution in [2.45, 2.75) is 76.4 Å². The second-order valence-corrected chi connectivity index (χ2v) is 6.44. The highest BCUT2D eigenvalue weighted by Gasteiger charge is 2.43. The van der Waals surface area contributed by atoms with E-state index in [1.807, 2.05) is 0 Å². The number of carbonyl (C=O) groups is 2. The molecule has 1 N–H and O–H groups in total. The van der Waals surface area contributed by atoms with Crippen LogP contribution in [0.3, 0.4) is 0 Å². The van der Waals surface area contributed by atoms with Crippen molar-refractivity contribution >= 4 is 11.8 Å². The molecule has 3 fully saturated rings. The number of imide groups is 1. The van der Waals surface area contributed by atoms with Gasteiger partial charge in [-0.25, -0.2) is 0 Å². The van der Waals surface area contributed by atoms with Crippen molar-refractivity contribution in [1.29, 1.82) is 0 Å². The summed E-state index contributed by atoms with van der Waals surface area (Å²) in [5.74, 6) is 0.765. The van der Waals surface area contributed by atoms with Crippen LogP contribution in [0.1, 0.15) is 58.3 Å². The van der Waals surface area contributed by atoms with E-state index < -0.39 is 0 Å². The molecule has 1 heterocycles. The molecular weight excluding hydrogens is 240 g/mol. The van der Waals surface area contributed by atoms with Gasteiger partial charge in [0.1, 0.15) is 0 Å². The highest BCUT2D eigenvalue weighted by atomic mass is 16.2. The van der Waals surface area contributed by atoms with Gasteiger partial charge in [0.15, 0.2) is 0 Å². The molecule has 0 aromatic rings. The number of hydrogen-bond donors (Lipinski definition) is 1. The van der Waals surface area contributed by atoms with Gasteiger partial charge >= 0.3 is 0 Å². The number of rotatable bonds is 4. The molecule has 2 unspecified atom stereocenters. The molecule has 106 valence electrons. The molecule has 2 amide bonds. The van der Waals surface area contributed by atoms with E-state index in [2.05, 4.69) is 12.2 Å². The van der Waals surface area contributed by atoms with Gasteiger partial charge in [-0.15, -0.1) is 0 Å². The predicted octanol–water partition coefficient (Wildman–Crippen LogP) is 1.83. The first-order valence-electron chi connectivity index (χ1n) is 7.79. The van der Waals surface area contributed by atoms with Crippen molar-refractivity contribution in [3.63, 3.8) is 0 Å². The van der Waals surface area contributed by atoms with Gasteiger partial charge in [0.2, 0.25) is 11.8 Å². The van der Waals surface area contributed by atoms with Crippen LogP contribution in [0.2, 0.25) is 0 Å². The lowest BCUT2D eigenvalue weighted by Crippen LogP contribution is -2.48. The Hall–Kier alpha value is -0.900. The van der Waals surface area contributed by atoms with Crippen molar-refractivity contribution in [2.24, 2.45) is 5.92 Å². The van der Waals surface area contributed by atoms with E-state index in [1.165, 1.54) is 19.3 Å². The Labute approximate surface area is 114 Å². The van der Waals surface area contributed by atoms with Crippen molar-refractivity contribution < 1.29 is 9.59 Å². The van der Waals surface area contributed by atoms with Crippen LogP contribution in [0, 0.1) is 5.92 Å². The van der Waals surface area contributed by atoms with Crippen LogP contribution in [-0.4, -0.2) is 34.8 Å². The van der Waals surface area contributed by atoms with E-state index in [1.54, 1.807) is 4.90 Å². The van der Waals surface area contributed by atoms with Crippen LogP contribution < -0.4 is 5.32 Å². The van der Waals surface area contributed by atoms with Gasteiger partial charge < -0.3 is 5.32 Å². The van der Waals surface area contributed by atoms with E-state index in [9.17, 15) is 9.59 Å². The first-order chi connectivity index (χ1) is 9.16. The smallest absolute Gasteiger partial charge is 0.247 e. The standard InChI is InChI=1S/C15H24N2O2/c1-10(11-5-4-6-11)16-13-9-14(18)17(15(13)19)12-7-2-3-8-12/h10-13,16H,2-9H2,1H3. The van der Waals surface area contributed by atoms with Crippen LogP contribution in [0.25, 0.3) is 0 Å². The van der Waals surface area contributed by atoms with Crippen LogP contribution in [-0.2, 0) is 9.59 Å². The number of carbonyl (C=O) groups excluding carboxylic acids is 2. The second-order valence-electron chi connectivity index (χ2n) is 6.44. The molecule has 3 rings (SSSR count). The zero-order valence-corrected chi connectivity index (χ0v) is 11.7. The van der Waals surface area contributed by atoms with Gasteiger partial charge in [0.05, 0.1) is 12.5 Å². The van der Waals surface area contributed by atoms with Gasteiger partial charge in [0.25, 0.3) is 0 Å². The van der Waals surface area contributed by atoms with E-state index in [-0.39, 0.29) is 23.9 Å². The minimum Gasteiger partial charge on any atom is -0.303 e. The molecule has 0 radical (unpaired) electrons. The first kappa shape index (κ1) is 13.1. The summed E-state index contributed by atoms with van der Waals surface area (Å²) >= 11 is 0. The summed E-state index contributed by atoms with van der Waals surface area (Å²) < 4.78 is 0. The number of hydrogen-bond acceptors (Lipinski definition) is 3. The number of nitrogens with zero attached hydrogens (tertiary/aromatic N) is 1. The molecule has 1 aliphatic heterocycles. The third kappa shape index (κ3) is 2.42. The Kier molecular flexibility index (Phi) is 3.61. The zero-order valence-electron chi connectivity index (χ0n) is 11.7. The largest absolute Gasteiger partial charge is 0.303 e. The van der Waals surface area contributed by atoms with Gasteiger partial charge in [0, 0.05) is 12.1 Å². The van der Waals surface area contributed by atoms with Crippen molar-refractivity contribution in [3.05, 3.63) is 0 Å². The molecule has 0 spiro atoms. The summed E-state index contributed by atoms with van der Waals surface area (Å²) in [7, 11) is 0. The summed E-state index contributed by atoms with van der Waals surface area (Å²) in [4.78, 5) is 26.1. The topological polar surface area (TPSA) is 49.4 Å². The maximum absolute atomic E-state index is 12.4. The minimum atomic E-state index is -0.260. The molecule has 0 aromatic heterocycles. The lowest BCUT2D eigenvalue weighted by Gasteiger charge is -2.33. The minimum absolute atomic E-state index is 0.0306. The lowest BCUT2D eigenvalue weighted by atomic mass is 9.80. The molecule has 2 saturated carbocycles. The molecule has 3 aliphatic rings. The fraction of sp³-hybridized carbons (Fsp3) is 0.867. The maximum Gasteiger partial charge on any atom is 0.247 e. The highest BCUT2D eigenvalue weighted by molar-refractivity contribution is 6.05. The molecule has 2 atom stereocenters. The maximum atomic E-state index is 12.4. The van der Waals surface area contributed by atoms with Crippen LogP contribution in [0.15, 0.2) is 0 Å². The van der Waals surface area contributed by atoms with Crippen molar-refractivity contribution in [3.8, 4) is 0 Å². The number of likely N-dealkylation sites (tertiary alicyclic amines) is 1. The van der Waals surface area contributed by atoms with Gasteiger partial charge in [-0.05, 0) is 38.5 Å². The summed E-state index contributed by atoms with van der Waals surface area (Å²) in [5, 5.41) is 3.40. The van der Waals surface area contributed by atoms with E-state index in [4.69, 9.17) is 0 Å². The van der Waals surface area contributed by atoms with E-state index in [0.29, 0.717) is 18.4 Å². The third-order valence-corrected chi connectivity index (χ3v) is 5.19. The average Bonchev–Trinajstić information content (AvgIpc) is 2.86. The molecular formula is C15H24N2O2. The molecule has 2 aliphatic carbocycles. The van der Waals surface area contributed by atoms with Crippen molar-refractivity contribution in [2.75, 3.05) is 0 Å². The Morgan fingerprint density at radius 2 is 1.79 bits per heavy atom. The Morgan fingerprint density at radius 3 is 2.37 bits per heavy atom. The summed E-state index contributed by atoms with van der Waals surface area (Å²) in [6.07, 6.45) is 8.50. The fourth-order valence-corrected chi connectivity index (χ4v) is 3.72. The highest BCUT2D eigenvalue weighted by Crippen LogP contribution is 2.31. The van der Waals surface area contributed by atoms with Gasteiger partial charge in [-0.3, -0.25) is 14.5 Å².